The predicted octanol–water partition coefficient (Wildman–Crippen LogP) is 3.88. The Bertz CT molecular complexity index is 686. The Morgan fingerprint density at radius 1 is 1.27 bits per heavy atom. The molecule has 22 heavy (non-hydrogen) atoms. The zero-order chi connectivity index (χ0) is 15.5. The number of rotatable bonds is 3. The molecule has 0 aliphatic carbocycles. The summed E-state index contributed by atoms with van der Waals surface area (Å²) in [5, 5.41) is 4.92. The van der Waals surface area contributed by atoms with Gasteiger partial charge in [0.15, 0.2) is 16.8 Å². The topological polar surface area (TPSA) is 42.0 Å². The van der Waals surface area contributed by atoms with Crippen LogP contribution < -0.4 is 5.32 Å². The summed E-state index contributed by atoms with van der Waals surface area (Å²) in [5.74, 6) is 0.999. The van der Waals surface area contributed by atoms with Crippen molar-refractivity contribution >= 4 is 45.9 Å². The highest BCUT2D eigenvalue weighted by Crippen LogP contribution is 2.28. The molecule has 1 aliphatic heterocycles. The zero-order valence-corrected chi connectivity index (χ0v) is 13.8. The van der Waals surface area contributed by atoms with Crippen LogP contribution in [-0.2, 0) is 4.79 Å². The highest BCUT2D eigenvalue weighted by molar-refractivity contribution is 8.07. The fraction of sp³-hybridized carbons (Fsp3) is 0.286. The molecule has 0 bridgehead atoms. The Balaban J connectivity index is 1.70. The SMILES string of the molecule is O=C(Nc1nc(-c2ccc(F)c(F)c2)cs1)C1CSCCS1. The van der Waals surface area contributed by atoms with E-state index in [4.69, 9.17) is 0 Å². The maximum atomic E-state index is 13.3. The first-order chi connectivity index (χ1) is 10.6. The Hall–Kier alpha value is -1.12. The van der Waals surface area contributed by atoms with Gasteiger partial charge >= 0.3 is 0 Å². The van der Waals surface area contributed by atoms with Crippen LogP contribution in [0, 0.1) is 11.6 Å². The molecule has 0 radical (unpaired) electrons. The second-order valence-corrected chi connectivity index (χ2v) is 7.91. The number of amides is 1. The predicted molar refractivity (Wildman–Crippen MR) is 89.7 cm³/mol. The van der Waals surface area contributed by atoms with Gasteiger partial charge in [0.2, 0.25) is 5.91 Å². The molecule has 116 valence electrons. The van der Waals surface area contributed by atoms with Crippen LogP contribution in [0.3, 0.4) is 0 Å². The zero-order valence-electron chi connectivity index (χ0n) is 11.3. The number of thioether (sulfide) groups is 2. The first kappa shape index (κ1) is 15.8. The largest absolute Gasteiger partial charge is 0.301 e. The van der Waals surface area contributed by atoms with Crippen molar-refractivity contribution in [1.29, 1.82) is 0 Å². The van der Waals surface area contributed by atoms with E-state index in [0.29, 0.717) is 16.4 Å². The average Bonchev–Trinajstić information content (AvgIpc) is 2.99. The van der Waals surface area contributed by atoms with Gasteiger partial charge in [-0.05, 0) is 18.2 Å². The van der Waals surface area contributed by atoms with Crippen LogP contribution in [0.5, 0.6) is 0 Å². The number of carbonyl (C=O) groups excluding carboxylic acids is 1. The minimum Gasteiger partial charge on any atom is -0.301 e. The van der Waals surface area contributed by atoms with Crippen molar-refractivity contribution in [3.05, 3.63) is 35.2 Å². The number of anilines is 1. The lowest BCUT2D eigenvalue weighted by Gasteiger charge is -2.19. The molecule has 3 rings (SSSR count). The Labute approximate surface area is 138 Å². The highest BCUT2D eigenvalue weighted by atomic mass is 32.2. The summed E-state index contributed by atoms with van der Waals surface area (Å²) in [7, 11) is 0. The molecule has 1 N–H and O–H groups in total. The number of hydrogen-bond donors (Lipinski definition) is 1. The molecule has 0 saturated carbocycles. The van der Waals surface area contributed by atoms with Crippen LogP contribution in [0.1, 0.15) is 0 Å². The van der Waals surface area contributed by atoms with E-state index in [1.165, 1.54) is 17.4 Å². The summed E-state index contributed by atoms with van der Waals surface area (Å²) < 4.78 is 26.2. The fourth-order valence-corrected chi connectivity index (χ4v) is 5.22. The van der Waals surface area contributed by atoms with Gasteiger partial charge in [-0.15, -0.1) is 23.1 Å². The fourth-order valence-electron chi connectivity index (χ4n) is 1.94. The van der Waals surface area contributed by atoms with Gasteiger partial charge in [0.1, 0.15) is 0 Å². The third-order valence-electron chi connectivity index (χ3n) is 3.06. The highest BCUT2D eigenvalue weighted by Gasteiger charge is 2.23. The van der Waals surface area contributed by atoms with Crippen molar-refractivity contribution in [2.24, 2.45) is 0 Å². The molecule has 0 spiro atoms. The van der Waals surface area contributed by atoms with Crippen LogP contribution in [0.25, 0.3) is 11.3 Å². The minimum atomic E-state index is -0.910. The van der Waals surface area contributed by atoms with Crippen LogP contribution in [0.2, 0.25) is 0 Å². The summed E-state index contributed by atoms with van der Waals surface area (Å²) >= 11 is 4.69. The number of halogens is 2. The molecule has 1 fully saturated rings. The van der Waals surface area contributed by atoms with E-state index in [-0.39, 0.29) is 11.2 Å². The van der Waals surface area contributed by atoms with E-state index in [0.717, 1.165) is 29.4 Å². The van der Waals surface area contributed by atoms with E-state index in [9.17, 15) is 13.6 Å². The molecule has 1 aromatic carbocycles. The quantitative estimate of drug-likeness (QED) is 0.904. The van der Waals surface area contributed by atoms with Gasteiger partial charge < -0.3 is 5.32 Å². The van der Waals surface area contributed by atoms with Crippen molar-refractivity contribution in [3.8, 4) is 11.3 Å². The molecule has 1 amide bonds. The van der Waals surface area contributed by atoms with E-state index in [1.54, 1.807) is 28.9 Å². The van der Waals surface area contributed by atoms with Gasteiger partial charge in [0, 0.05) is 28.2 Å². The van der Waals surface area contributed by atoms with Crippen LogP contribution >= 0.6 is 34.9 Å². The van der Waals surface area contributed by atoms with Crippen LogP contribution in [0.4, 0.5) is 13.9 Å². The van der Waals surface area contributed by atoms with E-state index in [1.807, 2.05) is 0 Å². The molecule has 1 aromatic heterocycles. The first-order valence-corrected chi connectivity index (χ1v) is 9.63. The molecule has 2 aromatic rings. The summed E-state index contributed by atoms with van der Waals surface area (Å²) in [6.07, 6.45) is 0. The molecule has 2 heterocycles. The van der Waals surface area contributed by atoms with E-state index < -0.39 is 11.6 Å². The third-order valence-corrected chi connectivity index (χ3v) is 6.57. The third kappa shape index (κ3) is 3.61. The molecule has 1 saturated heterocycles. The van der Waals surface area contributed by atoms with Gasteiger partial charge in [-0.3, -0.25) is 4.79 Å². The van der Waals surface area contributed by atoms with E-state index >= 15 is 0 Å². The average molecular weight is 358 g/mol. The van der Waals surface area contributed by atoms with Crippen molar-refractivity contribution in [2.75, 3.05) is 22.6 Å². The van der Waals surface area contributed by atoms with Gasteiger partial charge in [0.25, 0.3) is 0 Å². The molecule has 1 aliphatic rings. The Kier molecular flexibility index (Phi) is 5.00. The second kappa shape index (κ2) is 6.97. The van der Waals surface area contributed by atoms with Gasteiger partial charge in [-0.1, -0.05) is 0 Å². The lowest BCUT2D eigenvalue weighted by atomic mass is 10.2. The minimum absolute atomic E-state index is 0.0524. The molecule has 3 nitrogen and oxygen atoms in total. The van der Waals surface area contributed by atoms with Crippen molar-refractivity contribution in [3.63, 3.8) is 0 Å². The standard InChI is InChI=1S/C14H12F2N2OS3/c15-9-2-1-8(5-10(9)16)11-6-22-14(17-11)18-13(19)12-7-20-3-4-21-12/h1-2,5-6,12H,3-4,7H2,(H,17,18,19). The molecule has 1 atom stereocenters. The molecule has 8 heteroatoms. The lowest BCUT2D eigenvalue weighted by Crippen LogP contribution is -2.30. The summed E-state index contributed by atoms with van der Waals surface area (Å²) in [4.78, 5) is 16.4. The molecular formula is C14H12F2N2OS3. The van der Waals surface area contributed by atoms with Gasteiger partial charge in [-0.25, -0.2) is 13.8 Å². The van der Waals surface area contributed by atoms with Crippen LogP contribution in [0.15, 0.2) is 23.6 Å². The second-order valence-electron chi connectivity index (χ2n) is 4.59. The van der Waals surface area contributed by atoms with Crippen LogP contribution in [-0.4, -0.2) is 33.4 Å². The number of nitrogens with zero attached hydrogens (tertiary/aromatic N) is 1. The van der Waals surface area contributed by atoms with Gasteiger partial charge in [-0.2, -0.15) is 11.8 Å². The number of thiazole rings is 1. The van der Waals surface area contributed by atoms with Crippen molar-refractivity contribution in [1.82, 2.24) is 4.98 Å². The van der Waals surface area contributed by atoms with Crippen molar-refractivity contribution in [2.45, 2.75) is 5.25 Å². The molecule has 1 unspecified atom stereocenters. The smallest absolute Gasteiger partial charge is 0.240 e. The monoisotopic (exact) mass is 358 g/mol. The summed E-state index contributed by atoms with van der Waals surface area (Å²) in [5.41, 5.74) is 1.00. The van der Waals surface area contributed by atoms with E-state index in [2.05, 4.69) is 10.3 Å². The summed E-state index contributed by atoms with van der Waals surface area (Å²) in [6, 6.07) is 3.63. The maximum Gasteiger partial charge on any atom is 0.240 e. The number of benzene rings is 1. The Morgan fingerprint density at radius 2 is 2.14 bits per heavy atom. The number of carbonyl (C=O) groups is 1. The normalized spacial score (nSPS) is 18.2. The maximum absolute atomic E-state index is 13.3. The summed E-state index contributed by atoms with van der Waals surface area (Å²) in [6.45, 7) is 0. The lowest BCUT2D eigenvalue weighted by molar-refractivity contribution is -0.115. The van der Waals surface area contributed by atoms with Crippen molar-refractivity contribution < 1.29 is 13.6 Å². The van der Waals surface area contributed by atoms with Gasteiger partial charge in [0.05, 0.1) is 10.9 Å². The molecular weight excluding hydrogens is 346 g/mol. The number of aromatic nitrogens is 1. The Morgan fingerprint density at radius 3 is 2.86 bits per heavy atom. The number of nitrogens with one attached hydrogen (secondary N) is 1. The number of hydrogen-bond acceptors (Lipinski definition) is 5. The first-order valence-electron chi connectivity index (χ1n) is 6.54.